The molecule has 0 atom stereocenters. The predicted octanol–water partition coefficient (Wildman–Crippen LogP) is 1.14. The first-order valence-electron chi connectivity index (χ1n) is 13.5. The van der Waals surface area contributed by atoms with Crippen molar-refractivity contribution in [3.8, 4) is 11.5 Å². The molecule has 15 nitrogen and oxygen atoms in total. The molecule has 0 saturated carbocycles. The third-order valence-electron chi connectivity index (χ3n) is 6.80. The molecule has 2 aliphatic heterocycles. The number of phenolic OH excluding ortho intramolecular Hbond substituents is 2. The number of hydrogen-bond acceptors (Lipinski definition) is 11. The van der Waals surface area contributed by atoms with Crippen LogP contribution in [0.1, 0.15) is 21.0 Å². The van der Waals surface area contributed by atoms with Crippen molar-refractivity contribution < 1.29 is 36.6 Å². The molecular weight excluding hydrogens is 647 g/mol. The first kappa shape index (κ1) is 31.7. The summed E-state index contributed by atoms with van der Waals surface area (Å²) in [5.41, 5.74) is 1.92. The van der Waals surface area contributed by atoms with E-state index in [1.54, 1.807) is 36.0 Å². The molecule has 0 spiro atoms. The van der Waals surface area contributed by atoms with Crippen molar-refractivity contribution in [2.24, 2.45) is 0 Å². The first-order valence-corrected chi connectivity index (χ1v) is 17.2. The van der Waals surface area contributed by atoms with Crippen LogP contribution < -0.4 is 18.1 Å². The van der Waals surface area contributed by atoms with Crippen molar-refractivity contribution in [3.63, 3.8) is 0 Å². The van der Waals surface area contributed by atoms with Gasteiger partial charge in [0.05, 0.1) is 22.7 Å². The number of aromatic hydroxyl groups is 2. The predicted molar refractivity (Wildman–Crippen MR) is 165 cm³/mol. The topological polar surface area (TPSA) is 204 Å². The van der Waals surface area contributed by atoms with E-state index in [2.05, 4.69) is 9.97 Å². The molecule has 0 unspecified atom stereocenters. The minimum absolute atomic E-state index is 0.0877. The van der Waals surface area contributed by atoms with Gasteiger partial charge in [-0.1, -0.05) is 12.1 Å². The standard InChI is InChI=1S/C14H15N3O4S2.C13H14N4O4S/c1-9-15-7-11(22-9)4-2-10-3-5-12(13(18)6-10)17-8-14(19)16-23(17,20)21;18-12-7-10(3-5-16-6-4-14-9-16)1-2-11(12)17-8-13(19)15-22(17,20)21/h3,5-7,18H,2,4,8H2,1H3,(H,16,19);1-2,4,6-7,9,18H,3,5,8H2,(H,15,19). The summed E-state index contributed by atoms with van der Waals surface area (Å²) in [6.07, 6.45) is 9.22. The second-order valence-corrected chi connectivity index (χ2v) is 14.6. The van der Waals surface area contributed by atoms with Crippen molar-refractivity contribution in [1.29, 1.82) is 0 Å². The maximum absolute atomic E-state index is 11.8. The molecule has 0 bridgehead atoms. The van der Waals surface area contributed by atoms with E-state index in [1.165, 1.54) is 24.3 Å². The summed E-state index contributed by atoms with van der Waals surface area (Å²) in [6.45, 7) is 1.99. The Morgan fingerprint density at radius 1 is 0.844 bits per heavy atom. The maximum Gasteiger partial charge on any atom is 0.326 e. The van der Waals surface area contributed by atoms with Crippen molar-refractivity contribution >= 4 is 54.9 Å². The van der Waals surface area contributed by atoms with Gasteiger partial charge < -0.3 is 14.8 Å². The molecule has 4 aromatic rings. The van der Waals surface area contributed by atoms with Crippen molar-refractivity contribution in [3.05, 3.63) is 82.3 Å². The number of hydrogen-bond donors (Lipinski definition) is 4. The van der Waals surface area contributed by atoms with E-state index < -0.39 is 32.2 Å². The lowest BCUT2D eigenvalue weighted by molar-refractivity contribution is -0.118. The highest BCUT2D eigenvalue weighted by Crippen LogP contribution is 2.33. The number of imidazole rings is 1. The van der Waals surface area contributed by atoms with Gasteiger partial charge in [0.1, 0.15) is 24.6 Å². The van der Waals surface area contributed by atoms with Crippen molar-refractivity contribution in [2.45, 2.75) is 32.7 Å². The minimum Gasteiger partial charge on any atom is -0.506 e. The summed E-state index contributed by atoms with van der Waals surface area (Å²) in [7, 11) is -7.82. The number of benzene rings is 2. The summed E-state index contributed by atoms with van der Waals surface area (Å²) >= 11 is 1.63. The summed E-state index contributed by atoms with van der Waals surface area (Å²) in [5.74, 6) is -1.58. The highest BCUT2D eigenvalue weighted by molar-refractivity contribution is 7.92. The summed E-state index contributed by atoms with van der Waals surface area (Å²) in [5, 5.41) is 21.2. The van der Waals surface area contributed by atoms with E-state index >= 15 is 0 Å². The molecule has 2 saturated heterocycles. The molecule has 18 heteroatoms. The monoisotopic (exact) mass is 675 g/mol. The van der Waals surface area contributed by atoms with Crippen LogP contribution in [0.3, 0.4) is 0 Å². The number of aromatic nitrogens is 3. The van der Waals surface area contributed by atoms with Gasteiger partial charge in [0, 0.05) is 30.0 Å². The number of amides is 2. The second kappa shape index (κ2) is 12.7. The fourth-order valence-electron chi connectivity index (χ4n) is 4.66. The van der Waals surface area contributed by atoms with Gasteiger partial charge in [-0.3, -0.25) is 9.59 Å². The van der Waals surface area contributed by atoms with Crippen molar-refractivity contribution in [1.82, 2.24) is 24.0 Å². The largest absolute Gasteiger partial charge is 0.506 e. The minimum atomic E-state index is -3.91. The smallest absolute Gasteiger partial charge is 0.326 e. The molecule has 2 aliphatic rings. The SMILES string of the molecule is Cc1ncc(CCc2ccc(N3CC(=O)NS3(=O)=O)c(O)c2)s1.O=C1CN(c2ccc(CCn3ccnc3)cc2O)S(=O)(=O)N1. The van der Waals surface area contributed by atoms with Gasteiger partial charge in [-0.05, 0) is 61.6 Å². The number of nitrogens with one attached hydrogen (secondary N) is 2. The van der Waals surface area contributed by atoms with Gasteiger partial charge in [0.2, 0.25) is 0 Å². The summed E-state index contributed by atoms with van der Waals surface area (Å²) in [6, 6.07) is 9.52. The normalized spacial score (nSPS) is 16.6. The van der Waals surface area contributed by atoms with Gasteiger partial charge in [-0.15, -0.1) is 11.3 Å². The fourth-order valence-corrected chi connectivity index (χ4v) is 7.78. The van der Waals surface area contributed by atoms with E-state index in [-0.39, 0.29) is 36.0 Å². The zero-order chi connectivity index (χ0) is 32.4. The lowest BCUT2D eigenvalue weighted by Crippen LogP contribution is -2.29. The molecule has 238 valence electrons. The van der Waals surface area contributed by atoms with Gasteiger partial charge >= 0.3 is 20.4 Å². The molecule has 0 radical (unpaired) electrons. The third kappa shape index (κ3) is 7.52. The van der Waals surface area contributed by atoms with Crippen LogP contribution in [0.4, 0.5) is 11.4 Å². The van der Waals surface area contributed by atoms with Gasteiger partial charge in [-0.2, -0.15) is 16.8 Å². The zero-order valence-electron chi connectivity index (χ0n) is 23.8. The van der Waals surface area contributed by atoms with Gasteiger partial charge in [0.15, 0.2) is 0 Å². The quantitative estimate of drug-likeness (QED) is 0.210. The summed E-state index contributed by atoms with van der Waals surface area (Å²) in [4.78, 5) is 31.8. The maximum atomic E-state index is 11.8. The van der Waals surface area contributed by atoms with Crippen LogP contribution in [0, 0.1) is 6.92 Å². The average molecular weight is 676 g/mol. The number of anilines is 2. The second-order valence-electron chi connectivity index (χ2n) is 10.1. The van der Waals surface area contributed by atoms with E-state index in [0.717, 1.165) is 36.0 Å². The van der Waals surface area contributed by atoms with Gasteiger partial charge in [0.25, 0.3) is 11.8 Å². The molecule has 2 aromatic heterocycles. The summed E-state index contributed by atoms with van der Waals surface area (Å²) < 4.78 is 54.5. The Balaban J connectivity index is 0.000000178. The molecule has 4 N–H and O–H groups in total. The Labute approximate surface area is 263 Å². The molecule has 2 fully saturated rings. The number of carbonyl (C=O) groups is 2. The molecule has 6 rings (SSSR count). The third-order valence-corrected chi connectivity index (χ3v) is 10.6. The van der Waals surface area contributed by atoms with Crippen LogP contribution in [-0.2, 0) is 55.8 Å². The molecule has 2 amide bonds. The number of phenols is 2. The van der Waals surface area contributed by atoms with Crippen LogP contribution in [0.2, 0.25) is 0 Å². The fraction of sp³-hybridized carbons (Fsp3) is 0.259. The Morgan fingerprint density at radius 2 is 1.40 bits per heavy atom. The average Bonchev–Trinajstić information content (AvgIpc) is 3.74. The lowest BCUT2D eigenvalue weighted by atomic mass is 10.1. The number of thiazole rings is 1. The molecule has 45 heavy (non-hydrogen) atoms. The van der Waals surface area contributed by atoms with E-state index in [9.17, 15) is 36.6 Å². The first-order chi connectivity index (χ1) is 21.3. The zero-order valence-corrected chi connectivity index (χ0v) is 26.3. The Kier molecular flexibility index (Phi) is 8.98. The van der Waals surface area contributed by atoms with E-state index in [1.807, 2.05) is 33.3 Å². The van der Waals surface area contributed by atoms with Crippen molar-refractivity contribution in [2.75, 3.05) is 21.7 Å². The lowest BCUT2D eigenvalue weighted by Gasteiger charge is -2.16. The van der Waals surface area contributed by atoms with E-state index in [4.69, 9.17) is 0 Å². The molecule has 0 aliphatic carbocycles. The highest BCUT2D eigenvalue weighted by atomic mass is 32.2. The van der Waals surface area contributed by atoms with Gasteiger partial charge in [-0.25, -0.2) is 28.0 Å². The van der Waals surface area contributed by atoms with E-state index in [0.29, 0.717) is 19.4 Å². The highest BCUT2D eigenvalue weighted by Gasteiger charge is 2.36. The van der Waals surface area contributed by atoms with Crippen LogP contribution in [0.5, 0.6) is 11.5 Å². The van der Waals surface area contributed by atoms with Crippen LogP contribution in [-0.4, -0.2) is 66.5 Å². The number of rotatable bonds is 8. The number of aryl methyl sites for hydroxylation is 5. The molecule has 4 heterocycles. The Hall–Kier alpha value is -4.68. The van der Waals surface area contributed by atoms with Crippen LogP contribution in [0.15, 0.2) is 61.3 Å². The van der Waals surface area contributed by atoms with Crippen LogP contribution >= 0.6 is 11.3 Å². The van der Waals surface area contributed by atoms with Crippen LogP contribution in [0.25, 0.3) is 0 Å². The number of nitrogens with zero attached hydrogens (tertiary/aromatic N) is 5. The Morgan fingerprint density at radius 3 is 1.82 bits per heavy atom. The molecular formula is C27H29N7O8S3. The molecule has 2 aromatic carbocycles. The Bertz CT molecular complexity index is 1940. The number of carbonyl (C=O) groups excluding carboxylic acids is 2.